The van der Waals surface area contributed by atoms with Gasteiger partial charge in [0, 0.05) is 67.1 Å². The third-order valence-corrected chi connectivity index (χ3v) is 7.26. The van der Waals surface area contributed by atoms with Crippen LogP contribution in [-0.4, -0.2) is 44.4 Å². The number of halogens is 3. The molecule has 3 aromatic heterocycles. The van der Waals surface area contributed by atoms with E-state index in [1.54, 1.807) is 40.9 Å². The number of alkyl halides is 2. The van der Waals surface area contributed by atoms with Crippen molar-refractivity contribution in [2.45, 2.75) is 43.5 Å². The lowest BCUT2D eigenvalue weighted by Crippen LogP contribution is -2.34. The smallest absolute Gasteiger partial charge is 0.387 e. The fourth-order valence-electron chi connectivity index (χ4n) is 5.39. The Morgan fingerprint density at radius 3 is 2.65 bits per heavy atom. The predicted octanol–water partition coefficient (Wildman–Crippen LogP) is 4.70. The molecule has 2 aliphatic rings. The molecule has 37 heavy (non-hydrogen) atoms. The van der Waals surface area contributed by atoms with E-state index in [1.807, 2.05) is 0 Å². The lowest BCUT2D eigenvalue weighted by atomic mass is 9.90. The van der Waals surface area contributed by atoms with Gasteiger partial charge in [-0.05, 0) is 18.6 Å². The van der Waals surface area contributed by atoms with Crippen molar-refractivity contribution in [3.63, 3.8) is 0 Å². The summed E-state index contributed by atoms with van der Waals surface area (Å²) >= 11 is 0. The second-order valence-electron chi connectivity index (χ2n) is 9.44. The largest absolute Gasteiger partial charge is 0.435 e. The maximum absolute atomic E-state index is 15.2. The molecule has 10 heteroatoms. The van der Waals surface area contributed by atoms with Crippen LogP contribution in [0.4, 0.5) is 13.2 Å². The van der Waals surface area contributed by atoms with E-state index in [-0.39, 0.29) is 17.7 Å². The van der Waals surface area contributed by atoms with Crippen molar-refractivity contribution in [3.05, 3.63) is 83.3 Å². The van der Waals surface area contributed by atoms with E-state index in [9.17, 15) is 19.0 Å². The first kappa shape index (κ1) is 23.9. The molecule has 7 nitrogen and oxygen atoms in total. The summed E-state index contributed by atoms with van der Waals surface area (Å²) in [5, 5.41) is 21.6. The van der Waals surface area contributed by atoms with Gasteiger partial charge in [-0.1, -0.05) is 24.3 Å². The molecule has 1 saturated heterocycles. The number of aliphatic hydroxyl groups excluding tert-OH is 1. The second-order valence-corrected chi connectivity index (χ2v) is 9.44. The highest BCUT2D eigenvalue weighted by molar-refractivity contribution is 5.66. The molecule has 2 N–H and O–H groups in total. The number of ether oxygens (including phenoxy) is 2. The van der Waals surface area contributed by atoms with Crippen molar-refractivity contribution in [1.29, 1.82) is 0 Å². The van der Waals surface area contributed by atoms with Crippen molar-refractivity contribution < 1.29 is 32.9 Å². The van der Waals surface area contributed by atoms with Gasteiger partial charge in [0.15, 0.2) is 0 Å². The highest BCUT2D eigenvalue weighted by Gasteiger charge is 2.38. The fourth-order valence-corrected chi connectivity index (χ4v) is 5.39. The number of aromatic nitrogens is 3. The summed E-state index contributed by atoms with van der Waals surface area (Å²) in [6.45, 7) is -2.12. The summed E-state index contributed by atoms with van der Waals surface area (Å²) in [5.41, 5.74) is 1.93. The highest BCUT2D eigenvalue weighted by atomic mass is 19.3. The van der Waals surface area contributed by atoms with Gasteiger partial charge in [0.2, 0.25) is 0 Å². The molecule has 192 valence electrons. The van der Waals surface area contributed by atoms with Crippen LogP contribution < -0.4 is 4.74 Å². The van der Waals surface area contributed by atoms with E-state index in [4.69, 9.17) is 9.47 Å². The molecule has 0 amide bonds. The van der Waals surface area contributed by atoms with Crippen molar-refractivity contribution in [2.75, 3.05) is 13.2 Å². The molecule has 0 saturated carbocycles. The Morgan fingerprint density at radius 1 is 1.14 bits per heavy atom. The summed E-state index contributed by atoms with van der Waals surface area (Å²) in [6, 6.07) is 11.1. The molecule has 1 aliphatic heterocycles. The molecule has 1 aromatic carbocycles. The standard InChI is InChI=1S/C27H24F3N3O4/c28-19-12-23-32-24-20(34)11-17(16-3-1-2-4-21(16)37-26(29)30)25(24)33(23)14-18(19)15-5-6-22(31-13-15)27(35)7-9-36-10-8-27/h1-6,12-14,17,20,26,34-35H,7-11H2. The summed E-state index contributed by atoms with van der Waals surface area (Å²) in [5.74, 6) is -0.995. The van der Waals surface area contributed by atoms with Gasteiger partial charge in [-0.15, -0.1) is 0 Å². The number of fused-ring (bicyclic) bond motifs is 3. The van der Waals surface area contributed by atoms with Gasteiger partial charge in [0.05, 0.1) is 23.2 Å². The number of hydrogen-bond acceptors (Lipinski definition) is 6. The number of hydrogen-bond donors (Lipinski definition) is 2. The molecule has 2 unspecified atom stereocenters. The lowest BCUT2D eigenvalue weighted by molar-refractivity contribution is -0.0705. The average molecular weight is 512 g/mol. The van der Waals surface area contributed by atoms with Gasteiger partial charge < -0.3 is 24.1 Å². The van der Waals surface area contributed by atoms with E-state index in [1.165, 1.54) is 18.3 Å². The number of para-hydroxylation sites is 1. The molecule has 6 rings (SSSR count). The van der Waals surface area contributed by atoms with Gasteiger partial charge in [-0.3, -0.25) is 4.98 Å². The normalized spacial score (nSPS) is 20.9. The van der Waals surface area contributed by atoms with E-state index in [0.29, 0.717) is 59.9 Å². The quantitative estimate of drug-likeness (QED) is 0.404. The van der Waals surface area contributed by atoms with E-state index in [2.05, 4.69) is 9.97 Å². The van der Waals surface area contributed by atoms with Crippen molar-refractivity contribution in [2.24, 2.45) is 0 Å². The number of benzene rings is 1. The van der Waals surface area contributed by atoms with E-state index in [0.717, 1.165) is 0 Å². The van der Waals surface area contributed by atoms with E-state index >= 15 is 4.39 Å². The zero-order valence-electron chi connectivity index (χ0n) is 19.7. The molecular formula is C27H24F3N3O4. The molecule has 0 radical (unpaired) electrons. The Balaban J connectivity index is 1.42. The van der Waals surface area contributed by atoms with Crippen molar-refractivity contribution >= 4 is 5.65 Å². The van der Waals surface area contributed by atoms with Crippen LogP contribution in [0.2, 0.25) is 0 Å². The van der Waals surface area contributed by atoms with Crippen LogP contribution in [0.1, 0.15) is 53.9 Å². The summed E-state index contributed by atoms with van der Waals surface area (Å²) in [7, 11) is 0. The van der Waals surface area contributed by atoms with Crippen molar-refractivity contribution in [3.8, 4) is 16.9 Å². The topological polar surface area (TPSA) is 89.1 Å². The second kappa shape index (κ2) is 9.13. The fraction of sp³-hybridized carbons (Fsp3) is 0.333. The van der Waals surface area contributed by atoms with Crippen LogP contribution >= 0.6 is 0 Å². The minimum atomic E-state index is -3.00. The maximum atomic E-state index is 15.2. The van der Waals surface area contributed by atoms with Crippen LogP contribution in [0.25, 0.3) is 16.8 Å². The molecule has 4 heterocycles. The minimum Gasteiger partial charge on any atom is -0.435 e. The Morgan fingerprint density at radius 2 is 1.92 bits per heavy atom. The minimum absolute atomic E-state index is 0.0191. The van der Waals surface area contributed by atoms with Gasteiger partial charge in [-0.2, -0.15) is 8.78 Å². The van der Waals surface area contributed by atoms with Gasteiger partial charge in [0.1, 0.15) is 22.8 Å². The van der Waals surface area contributed by atoms with Crippen LogP contribution in [-0.2, 0) is 10.3 Å². The molecule has 0 bridgehead atoms. The molecular weight excluding hydrogens is 487 g/mol. The Labute approximate surface area is 210 Å². The first-order valence-electron chi connectivity index (χ1n) is 12.0. The van der Waals surface area contributed by atoms with Gasteiger partial charge in [-0.25, -0.2) is 9.37 Å². The van der Waals surface area contributed by atoms with Gasteiger partial charge >= 0.3 is 6.61 Å². The number of pyridine rings is 2. The summed E-state index contributed by atoms with van der Waals surface area (Å²) in [4.78, 5) is 8.87. The highest BCUT2D eigenvalue weighted by Crippen LogP contribution is 2.47. The number of rotatable bonds is 5. The first-order valence-corrected chi connectivity index (χ1v) is 12.0. The Bertz CT molecular complexity index is 1450. The monoisotopic (exact) mass is 511 g/mol. The van der Waals surface area contributed by atoms with E-state index < -0.39 is 30.1 Å². The lowest BCUT2D eigenvalue weighted by Gasteiger charge is -2.31. The third kappa shape index (κ3) is 4.14. The zero-order valence-corrected chi connectivity index (χ0v) is 19.7. The van der Waals surface area contributed by atoms with Crippen LogP contribution in [0.5, 0.6) is 5.75 Å². The number of aliphatic hydroxyl groups is 2. The van der Waals surface area contributed by atoms with Gasteiger partial charge in [0.25, 0.3) is 0 Å². The third-order valence-electron chi connectivity index (χ3n) is 7.26. The number of nitrogens with zero attached hydrogens (tertiary/aromatic N) is 3. The Kier molecular flexibility index (Phi) is 5.89. The zero-order chi connectivity index (χ0) is 25.7. The summed E-state index contributed by atoms with van der Waals surface area (Å²) < 4.78 is 53.1. The van der Waals surface area contributed by atoms with Crippen LogP contribution in [0.15, 0.2) is 54.9 Å². The molecule has 2 atom stereocenters. The molecule has 0 spiro atoms. The average Bonchev–Trinajstić information content (AvgIpc) is 3.41. The SMILES string of the molecule is OC1CC(c2ccccc2OC(F)F)c2c1nc1cc(F)c(-c3ccc(C4(O)CCOCC4)nc3)cn21. The molecule has 1 aliphatic carbocycles. The van der Waals surface area contributed by atoms with Crippen LogP contribution in [0, 0.1) is 5.82 Å². The summed E-state index contributed by atoms with van der Waals surface area (Å²) in [6.07, 6.45) is 3.25. The Hall–Kier alpha value is -3.47. The number of imidazole rings is 1. The van der Waals surface area contributed by atoms with Crippen LogP contribution in [0.3, 0.4) is 0 Å². The first-order chi connectivity index (χ1) is 17.8. The molecule has 4 aromatic rings. The maximum Gasteiger partial charge on any atom is 0.387 e. The predicted molar refractivity (Wildman–Crippen MR) is 127 cm³/mol. The molecule has 1 fully saturated rings. The van der Waals surface area contributed by atoms with Crippen molar-refractivity contribution in [1.82, 2.24) is 14.4 Å².